The van der Waals surface area contributed by atoms with Crippen molar-refractivity contribution in [2.75, 3.05) is 6.61 Å². The van der Waals surface area contributed by atoms with Crippen LogP contribution >= 0.6 is 0 Å². The first-order valence-corrected chi connectivity index (χ1v) is 11.8. The molecular weight excluding hydrogens is 416 g/mol. The number of nitrogens with zero attached hydrogens (tertiary/aromatic N) is 2. The number of rotatable bonds is 3. The minimum Gasteiger partial charge on any atom is -0.448 e. The molecule has 1 amide bonds. The van der Waals surface area contributed by atoms with E-state index in [-0.39, 0.29) is 24.1 Å². The number of aliphatic hydroxyl groups is 1. The van der Waals surface area contributed by atoms with E-state index < -0.39 is 5.60 Å². The van der Waals surface area contributed by atoms with E-state index in [1.807, 2.05) is 30.9 Å². The zero-order chi connectivity index (χ0) is 22.7. The molecule has 2 aromatic carbocycles. The number of ether oxygens (including phenoxy) is 1. The molecule has 3 aliphatic rings. The molecule has 2 aliphatic heterocycles. The lowest BCUT2D eigenvalue weighted by Gasteiger charge is -2.43. The Kier molecular flexibility index (Phi) is 4.63. The number of carbonyl (C=O) groups excluding carboxylic acids is 1. The summed E-state index contributed by atoms with van der Waals surface area (Å²) < 4.78 is 11.3. The number of aryl methyl sites for hydroxylation is 2. The Hall–Kier alpha value is -3.12. The molecule has 2 fully saturated rings. The predicted molar refractivity (Wildman–Crippen MR) is 123 cm³/mol. The number of piperidine rings is 1. The second-order valence-corrected chi connectivity index (χ2v) is 9.74. The molecule has 1 N–H and O–H groups in total. The largest absolute Gasteiger partial charge is 0.448 e. The fourth-order valence-electron chi connectivity index (χ4n) is 6.54. The lowest BCUT2D eigenvalue weighted by Crippen LogP contribution is -2.52. The minimum absolute atomic E-state index is 0.0434. The Morgan fingerprint density at radius 1 is 1.06 bits per heavy atom. The molecule has 3 aromatic rings. The van der Waals surface area contributed by atoms with Gasteiger partial charge in [0.15, 0.2) is 0 Å². The fourth-order valence-corrected chi connectivity index (χ4v) is 6.54. The van der Waals surface area contributed by atoms with Crippen LogP contribution in [0.4, 0.5) is 4.79 Å². The van der Waals surface area contributed by atoms with Crippen molar-refractivity contribution in [3.05, 3.63) is 76.7 Å². The second-order valence-electron chi connectivity index (χ2n) is 9.74. The van der Waals surface area contributed by atoms with E-state index in [0.717, 1.165) is 24.1 Å². The Bertz CT molecular complexity index is 1150. The smallest absolute Gasteiger partial charge is 0.410 e. The number of amides is 1. The number of hydrogen-bond acceptors (Lipinski definition) is 5. The lowest BCUT2D eigenvalue weighted by molar-refractivity contribution is -0.0541. The van der Waals surface area contributed by atoms with Crippen LogP contribution in [-0.2, 0) is 10.3 Å². The SMILES string of the molecule is Cc1noc(C)c1C1(O)CC2CCC(C1)N2C(=O)OCC1c2ccccc2-c2ccccc21. The van der Waals surface area contributed by atoms with E-state index in [2.05, 4.69) is 41.6 Å². The molecule has 6 rings (SSSR count). The van der Waals surface area contributed by atoms with Crippen molar-refractivity contribution in [1.82, 2.24) is 10.1 Å². The van der Waals surface area contributed by atoms with Crippen LogP contribution in [0.15, 0.2) is 53.1 Å². The summed E-state index contributed by atoms with van der Waals surface area (Å²) in [6, 6.07) is 16.6. The van der Waals surface area contributed by atoms with Gasteiger partial charge in [-0.3, -0.25) is 0 Å². The summed E-state index contributed by atoms with van der Waals surface area (Å²) in [5.74, 6) is 0.701. The fraction of sp³-hybridized carbons (Fsp3) is 0.407. The number of aromatic nitrogens is 1. The third-order valence-corrected chi connectivity index (χ3v) is 7.81. The van der Waals surface area contributed by atoms with E-state index in [9.17, 15) is 9.90 Å². The Morgan fingerprint density at radius 2 is 1.64 bits per heavy atom. The molecule has 170 valence electrons. The quantitative estimate of drug-likeness (QED) is 0.611. The van der Waals surface area contributed by atoms with Gasteiger partial charge in [-0.2, -0.15) is 0 Å². The van der Waals surface area contributed by atoms with Gasteiger partial charge in [0.1, 0.15) is 12.4 Å². The normalized spacial score (nSPS) is 25.7. The second kappa shape index (κ2) is 7.45. The standard InChI is InChI=1S/C27H28N2O4/c1-16-25(17(2)33-28-16)27(31)13-18-11-12-19(14-27)29(18)26(30)32-15-24-22-9-5-3-7-20(22)21-8-4-6-10-23(21)24/h3-10,18-19,24,31H,11-15H2,1-2H3. The first kappa shape index (κ1) is 20.5. The van der Waals surface area contributed by atoms with Gasteiger partial charge in [0.2, 0.25) is 0 Å². The summed E-state index contributed by atoms with van der Waals surface area (Å²) >= 11 is 0. The summed E-state index contributed by atoms with van der Waals surface area (Å²) in [4.78, 5) is 15.1. The molecule has 2 bridgehead atoms. The zero-order valence-electron chi connectivity index (χ0n) is 19.0. The molecular formula is C27H28N2O4. The molecule has 33 heavy (non-hydrogen) atoms. The van der Waals surface area contributed by atoms with Gasteiger partial charge in [-0.05, 0) is 48.9 Å². The first-order chi connectivity index (χ1) is 16.0. The van der Waals surface area contributed by atoms with Crippen LogP contribution in [0.5, 0.6) is 0 Å². The van der Waals surface area contributed by atoms with Crippen molar-refractivity contribution >= 4 is 6.09 Å². The van der Waals surface area contributed by atoms with E-state index >= 15 is 0 Å². The third-order valence-electron chi connectivity index (χ3n) is 7.81. The van der Waals surface area contributed by atoms with Gasteiger partial charge in [0, 0.05) is 36.4 Å². The molecule has 2 saturated heterocycles. The van der Waals surface area contributed by atoms with Gasteiger partial charge in [0.25, 0.3) is 0 Å². The maximum Gasteiger partial charge on any atom is 0.410 e. The molecule has 6 heteroatoms. The summed E-state index contributed by atoms with van der Waals surface area (Å²) in [7, 11) is 0. The van der Waals surface area contributed by atoms with Crippen molar-refractivity contribution in [2.24, 2.45) is 0 Å². The van der Waals surface area contributed by atoms with Crippen molar-refractivity contribution < 1.29 is 19.2 Å². The van der Waals surface area contributed by atoms with Crippen molar-refractivity contribution in [3.8, 4) is 11.1 Å². The van der Waals surface area contributed by atoms with Crippen LogP contribution in [0.1, 0.15) is 59.7 Å². The zero-order valence-corrected chi connectivity index (χ0v) is 19.0. The van der Waals surface area contributed by atoms with Gasteiger partial charge in [0.05, 0.1) is 11.3 Å². The minimum atomic E-state index is -1.01. The van der Waals surface area contributed by atoms with Crippen LogP contribution < -0.4 is 0 Å². The van der Waals surface area contributed by atoms with Gasteiger partial charge in [-0.15, -0.1) is 0 Å². The van der Waals surface area contributed by atoms with Crippen LogP contribution in [-0.4, -0.2) is 39.9 Å². The third kappa shape index (κ3) is 3.11. The highest BCUT2D eigenvalue weighted by Gasteiger charge is 2.52. The molecule has 1 aliphatic carbocycles. The summed E-state index contributed by atoms with van der Waals surface area (Å²) in [5, 5.41) is 15.5. The summed E-state index contributed by atoms with van der Waals surface area (Å²) in [5.41, 5.74) is 5.35. The van der Waals surface area contributed by atoms with Crippen molar-refractivity contribution in [3.63, 3.8) is 0 Å². The number of hydrogen-bond donors (Lipinski definition) is 1. The van der Waals surface area contributed by atoms with Crippen molar-refractivity contribution in [2.45, 2.75) is 63.1 Å². The van der Waals surface area contributed by atoms with Crippen LogP contribution in [0.3, 0.4) is 0 Å². The maximum absolute atomic E-state index is 13.3. The van der Waals surface area contributed by atoms with Crippen LogP contribution in [0.2, 0.25) is 0 Å². The summed E-state index contributed by atoms with van der Waals surface area (Å²) in [6.07, 6.45) is 2.44. The van der Waals surface area contributed by atoms with Gasteiger partial charge < -0.3 is 19.3 Å². The number of carbonyl (C=O) groups is 1. The molecule has 6 nitrogen and oxygen atoms in total. The topological polar surface area (TPSA) is 75.8 Å². The Morgan fingerprint density at radius 3 is 2.18 bits per heavy atom. The highest BCUT2D eigenvalue weighted by Crippen LogP contribution is 2.48. The highest BCUT2D eigenvalue weighted by atomic mass is 16.6. The number of benzene rings is 2. The van der Waals surface area contributed by atoms with E-state index in [1.165, 1.54) is 22.3 Å². The first-order valence-electron chi connectivity index (χ1n) is 11.8. The van der Waals surface area contributed by atoms with Gasteiger partial charge in [-0.25, -0.2) is 4.79 Å². The van der Waals surface area contributed by atoms with Crippen molar-refractivity contribution in [1.29, 1.82) is 0 Å². The van der Waals surface area contributed by atoms with Crippen LogP contribution in [0.25, 0.3) is 11.1 Å². The van der Waals surface area contributed by atoms with Gasteiger partial charge >= 0.3 is 6.09 Å². The molecule has 2 unspecified atom stereocenters. The predicted octanol–water partition coefficient (Wildman–Crippen LogP) is 5.05. The highest BCUT2D eigenvalue weighted by molar-refractivity contribution is 5.79. The molecule has 2 atom stereocenters. The monoisotopic (exact) mass is 444 g/mol. The molecule has 0 radical (unpaired) electrons. The molecule has 1 aromatic heterocycles. The van der Waals surface area contributed by atoms with Gasteiger partial charge in [-0.1, -0.05) is 53.7 Å². The Balaban J connectivity index is 1.20. The number of fused-ring (bicyclic) bond motifs is 5. The summed E-state index contributed by atoms with van der Waals surface area (Å²) in [6.45, 7) is 4.02. The van der Waals surface area contributed by atoms with E-state index in [4.69, 9.17) is 9.26 Å². The average Bonchev–Trinajstić information content (AvgIpc) is 3.42. The van der Waals surface area contributed by atoms with Crippen LogP contribution in [0, 0.1) is 13.8 Å². The van der Waals surface area contributed by atoms with E-state index in [1.54, 1.807) is 0 Å². The van der Waals surface area contributed by atoms with E-state index in [0.29, 0.717) is 25.2 Å². The molecule has 0 spiro atoms. The maximum atomic E-state index is 13.3. The average molecular weight is 445 g/mol. The molecule has 3 heterocycles. The Labute approximate surface area is 193 Å². The molecule has 0 saturated carbocycles. The lowest BCUT2D eigenvalue weighted by atomic mass is 9.80.